The third-order valence-electron chi connectivity index (χ3n) is 10.2. The van der Waals surface area contributed by atoms with E-state index in [0.717, 1.165) is 74.9 Å². The van der Waals surface area contributed by atoms with Gasteiger partial charge in [0.2, 0.25) is 0 Å². The summed E-state index contributed by atoms with van der Waals surface area (Å²) in [6.45, 7) is 10.8. The van der Waals surface area contributed by atoms with Gasteiger partial charge < -0.3 is 9.30 Å². The van der Waals surface area contributed by atoms with Gasteiger partial charge in [-0.05, 0) is 64.4 Å². The first-order chi connectivity index (χ1) is 23.0. The lowest BCUT2D eigenvalue weighted by molar-refractivity contribution is 0.233. The van der Waals surface area contributed by atoms with Crippen molar-refractivity contribution in [3.8, 4) is 17.1 Å². The lowest BCUT2D eigenvalue weighted by Crippen LogP contribution is -2.14. The van der Waals surface area contributed by atoms with Gasteiger partial charge in [0, 0.05) is 21.8 Å². The van der Waals surface area contributed by atoms with Gasteiger partial charge >= 0.3 is 0 Å². The van der Waals surface area contributed by atoms with Crippen LogP contribution in [-0.2, 0) is 6.54 Å². The van der Waals surface area contributed by atoms with E-state index in [1.165, 1.54) is 66.5 Å². The molecule has 3 nitrogen and oxygen atoms in total. The Morgan fingerprint density at radius 3 is 2.28 bits per heavy atom. The Morgan fingerprint density at radius 1 is 0.745 bits per heavy atom. The molecular weight excluding hydrogens is 639 g/mol. The summed E-state index contributed by atoms with van der Waals surface area (Å²) in [5, 5.41) is 7.08. The number of ether oxygens (including phenoxy) is 1. The molecule has 0 saturated heterocycles. The van der Waals surface area contributed by atoms with Crippen molar-refractivity contribution < 1.29 is 4.74 Å². The van der Waals surface area contributed by atoms with Crippen molar-refractivity contribution in [3.63, 3.8) is 0 Å². The second kappa shape index (κ2) is 15.3. The quantitative estimate of drug-likeness (QED) is 0.0610. The Balaban J connectivity index is 1.64. The Hall–Kier alpha value is -3.31. The predicted octanol–water partition coefficient (Wildman–Crippen LogP) is 11.9. The Labute approximate surface area is 290 Å². The van der Waals surface area contributed by atoms with Crippen molar-refractivity contribution in [2.75, 3.05) is 6.61 Å². The Morgan fingerprint density at radius 2 is 1.49 bits per heavy atom. The van der Waals surface area contributed by atoms with E-state index < -0.39 is 0 Å². The summed E-state index contributed by atoms with van der Waals surface area (Å²) in [7, 11) is 6.51. The highest BCUT2D eigenvalue weighted by Gasteiger charge is 2.25. The molecule has 2 radical (unpaired) electrons. The van der Waals surface area contributed by atoms with E-state index >= 15 is 0 Å². The van der Waals surface area contributed by atoms with Crippen LogP contribution in [0.5, 0.6) is 5.75 Å². The van der Waals surface area contributed by atoms with Crippen molar-refractivity contribution in [1.29, 1.82) is 0 Å². The molecule has 0 aliphatic heterocycles. The number of fused-ring (bicyclic) bond motifs is 7. The molecule has 0 bridgehead atoms. The summed E-state index contributed by atoms with van der Waals surface area (Å²) in [6.07, 6.45) is 10.8. The van der Waals surface area contributed by atoms with Crippen molar-refractivity contribution in [2.45, 2.75) is 92.0 Å². The van der Waals surface area contributed by atoms with Crippen LogP contribution in [0.2, 0.25) is 0 Å². The summed E-state index contributed by atoms with van der Waals surface area (Å²) < 4.78 is 10.4. The zero-order valence-electron chi connectivity index (χ0n) is 28.6. The van der Waals surface area contributed by atoms with Crippen molar-refractivity contribution in [1.82, 2.24) is 9.55 Å². The molecule has 0 fully saturated rings. The zero-order valence-corrected chi connectivity index (χ0v) is 30.2. The molecule has 1 heterocycles. The van der Waals surface area contributed by atoms with Gasteiger partial charge in [0.25, 0.3) is 0 Å². The molecule has 0 amide bonds. The van der Waals surface area contributed by atoms with Gasteiger partial charge in [0.1, 0.15) is 19.4 Å². The molecule has 5 aromatic carbocycles. The summed E-state index contributed by atoms with van der Waals surface area (Å²) in [5.41, 5.74) is 4.04. The average molecular weight is 688 g/mol. The van der Waals surface area contributed by atoms with E-state index in [2.05, 4.69) is 115 Å². The minimum atomic E-state index is 0.530. The van der Waals surface area contributed by atoms with Crippen LogP contribution in [0.15, 0.2) is 77.3 Å². The summed E-state index contributed by atoms with van der Waals surface area (Å²) in [4.78, 5) is 5.64. The molecular formula is C42H48BBrN2O. The Bertz CT molecular complexity index is 2000. The minimum absolute atomic E-state index is 0.530. The van der Waals surface area contributed by atoms with Gasteiger partial charge in [-0.2, -0.15) is 0 Å². The van der Waals surface area contributed by atoms with Crippen LogP contribution in [0, 0.1) is 11.8 Å². The molecule has 2 unspecified atom stereocenters. The first kappa shape index (κ1) is 33.6. The smallest absolute Gasteiger partial charge is 0.145 e. The number of benzene rings is 5. The average Bonchev–Trinajstić information content (AvgIpc) is 3.46. The molecule has 0 aliphatic rings. The first-order valence-corrected chi connectivity index (χ1v) is 18.7. The van der Waals surface area contributed by atoms with Crippen LogP contribution >= 0.6 is 15.9 Å². The SMILES string of the molecule is [B]c1ccc2c3ccc(Br)cc3c3nc(-c4c(OCC(CC)CCCCC)ccc5ccccc45)n(CC(CC)CCCC)c3c2c1. The largest absolute Gasteiger partial charge is 0.493 e. The number of rotatable bonds is 15. The van der Waals surface area contributed by atoms with E-state index in [9.17, 15) is 0 Å². The molecule has 5 heteroatoms. The van der Waals surface area contributed by atoms with Crippen molar-refractivity contribution in [3.05, 3.63) is 77.3 Å². The highest BCUT2D eigenvalue weighted by Crippen LogP contribution is 2.43. The van der Waals surface area contributed by atoms with Crippen LogP contribution in [-0.4, -0.2) is 24.0 Å². The fourth-order valence-electron chi connectivity index (χ4n) is 7.30. The third-order valence-corrected chi connectivity index (χ3v) is 10.7. The molecule has 1 aromatic heterocycles. The molecule has 242 valence electrons. The number of nitrogens with zero attached hydrogens (tertiary/aromatic N) is 2. The van der Waals surface area contributed by atoms with E-state index in [-0.39, 0.29) is 0 Å². The maximum Gasteiger partial charge on any atom is 0.145 e. The molecule has 0 aliphatic carbocycles. The lowest BCUT2D eigenvalue weighted by Gasteiger charge is -2.22. The van der Waals surface area contributed by atoms with E-state index in [0.29, 0.717) is 11.8 Å². The van der Waals surface area contributed by atoms with Crippen LogP contribution in [0.3, 0.4) is 0 Å². The molecule has 2 atom stereocenters. The maximum absolute atomic E-state index is 6.86. The van der Waals surface area contributed by atoms with Crippen molar-refractivity contribution >= 4 is 72.6 Å². The molecule has 6 rings (SSSR count). The molecule has 0 saturated carbocycles. The maximum atomic E-state index is 6.86. The van der Waals surface area contributed by atoms with E-state index in [1.807, 2.05) is 6.07 Å². The third kappa shape index (κ3) is 6.97. The van der Waals surface area contributed by atoms with Gasteiger partial charge in [-0.1, -0.05) is 149 Å². The normalized spacial score (nSPS) is 13.2. The standard InChI is InChI=1S/C42H48BBrN2O/c1-5-9-11-15-29(8-4)27-47-38-23-18-30-16-12-13-17-33(30)39(38)42-45-40-36-25-32(44)20-22-34(36)35-21-19-31(43)24-37(35)41(40)46(42)26-28(7-3)14-10-6-2/h12-13,16-25,28-29H,5-11,14-15,26-27H2,1-4H3. The van der Waals surface area contributed by atoms with Gasteiger partial charge in [-0.15, -0.1) is 0 Å². The number of unbranched alkanes of at least 4 members (excludes halogenated alkanes) is 3. The molecule has 0 spiro atoms. The van der Waals surface area contributed by atoms with E-state index in [1.54, 1.807) is 0 Å². The molecule has 0 N–H and O–H groups in total. The van der Waals surface area contributed by atoms with Gasteiger partial charge in [-0.25, -0.2) is 4.98 Å². The van der Waals surface area contributed by atoms with Gasteiger partial charge in [-0.3, -0.25) is 0 Å². The topological polar surface area (TPSA) is 27.1 Å². The first-order valence-electron chi connectivity index (χ1n) is 17.9. The Kier molecular flexibility index (Phi) is 10.9. The minimum Gasteiger partial charge on any atom is -0.493 e. The van der Waals surface area contributed by atoms with Gasteiger partial charge in [0.05, 0.1) is 23.2 Å². The number of imidazole rings is 1. The van der Waals surface area contributed by atoms with Crippen LogP contribution < -0.4 is 10.2 Å². The molecule has 47 heavy (non-hydrogen) atoms. The highest BCUT2D eigenvalue weighted by atomic mass is 79.9. The van der Waals surface area contributed by atoms with E-state index in [4.69, 9.17) is 17.6 Å². The number of hydrogen-bond acceptors (Lipinski definition) is 2. The molecule has 6 aromatic rings. The number of halogens is 1. The lowest BCUT2D eigenvalue weighted by atomic mass is 9.91. The van der Waals surface area contributed by atoms with Crippen LogP contribution in [0.25, 0.3) is 54.7 Å². The second-order valence-corrected chi connectivity index (χ2v) is 14.3. The summed E-state index contributed by atoms with van der Waals surface area (Å²) >= 11 is 3.78. The van der Waals surface area contributed by atoms with Crippen LogP contribution in [0.1, 0.15) is 85.5 Å². The monoisotopic (exact) mass is 686 g/mol. The van der Waals surface area contributed by atoms with Crippen LogP contribution in [0.4, 0.5) is 0 Å². The number of hydrogen-bond donors (Lipinski definition) is 0. The number of aromatic nitrogens is 2. The fourth-order valence-corrected chi connectivity index (χ4v) is 7.66. The second-order valence-electron chi connectivity index (χ2n) is 13.4. The summed E-state index contributed by atoms with van der Waals surface area (Å²) in [5.74, 6) is 2.97. The van der Waals surface area contributed by atoms with Crippen molar-refractivity contribution in [2.24, 2.45) is 11.8 Å². The summed E-state index contributed by atoms with van der Waals surface area (Å²) in [6, 6.07) is 26.0. The predicted molar refractivity (Wildman–Crippen MR) is 207 cm³/mol. The zero-order chi connectivity index (χ0) is 32.9. The van der Waals surface area contributed by atoms with Gasteiger partial charge in [0.15, 0.2) is 0 Å². The highest BCUT2D eigenvalue weighted by molar-refractivity contribution is 9.10. The fraction of sp³-hybridized carbons (Fsp3) is 0.405.